The third kappa shape index (κ3) is 8.44. The molecule has 0 saturated carbocycles. The fraction of sp³-hybridized carbons (Fsp3) is 1.00. The van der Waals surface area contributed by atoms with E-state index in [0.717, 1.165) is 19.4 Å². The van der Waals surface area contributed by atoms with Gasteiger partial charge in [0.25, 0.3) is 0 Å². The van der Waals surface area contributed by atoms with Crippen LogP contribution < -0.4 is 5.32 Å². The first kappa shape index (κ1) is 16.7. The van der Waals surface area contributed by atoms with E-state index in [2.05, 4.69) is 23.9 Å². The fourth-order valence-electron chi connectivity index (χ4n) is 2.02. The van der Waals surface area contributed by atoms with Crippen LogP contribution in [0.3, 0.4) is 0 Å². The first-order chi connectivity index (χ1) is 7.94. The molecule has 104 valence electrons. The second-order valence-electron chi connectivity index (χ2n) is 4.20. The molecular weight excluding hydrogens is 231 g/mol. The van der Waals surface area contributed by atoms with Gasteiger partial charge in [-0.1, -0.05) is 33.6 Å². The Labute approximate surface area is 102 Å². The van der Waals surface area contributed by atoms with Crippen molar-refractivity contribution in [2.24, 2.45) is 5.92 Å². The van der Waals surface area contributed by atoms with Crippen LogP contribution in [-0.2, 0) is 4.74 Å². The van der Waals surface area contributed by atoms with Crippen molar-refractivity contribution in [3.8, 4) is 0 Å². The second-order valence-corrected chi connectivity index (χ2v) is 4.20. The van der Waals surface area contributed by atoms with Crippen molar-refractivity contribution >= 4 is 0 Å². The van der Waals surface area contributed by atoms with E-state index in [-0.39, 0.29) is 12.6 Å². The standard InChI is InChI=1S/C12H24F3NO/c1-4-10(5-2)11(16-6-3)7-8-17-9-12(13,14)15/h10-11,16H,4-9H2,1-3H3. The fourth-order valence-corrected chi connectivity index (χ4v) is 2.02. The molecule has 17 heavy (non-hydrogen) atoms. The minimum atomic E-state index is -4.22. The predicted octanol–water partition coefficient (Wildman–Crippen LogP) is 3.37. The lowest BCUT2D eigenvalue weighted by Gasteiger charge is -2.26. The van der Waals surface area contributed by atoms with Crippen LogP contribution in [0.15, 0.2) is 0 Å². The monoisotopic (exact) mass is 255 g/mol. The van der Waals surface area contributed by atoms with Gasteiger partial charge in [0.15, 0.2) is 0 Å². The Morgan fingerprint density at radius 3 is 2.12 bits per heavy atom. The van der Waals surface area contributed by atoms with Crippen LogP contribution in [0, 0.1) is 5.92 Å². The summed E-state index contributed by atoms with van der Waals surface area (Å²) in [5.41, 5.74) is 0. The molecule has 0 rings (SSSR count). The van der Waals surface area contributed by atoms with E-state index in [1.165, 1.54) is 0 Å². The van der Waals surface area contributed by atoms with Gasteiger partial charge in [0, 0.05) is 12.6 Å². The molecule has 1 unspecified atom stereocenters. The molecule has 0 aliphatic carbocycles. The molecule has 0 aliphatic heterocycles. The Hall–Kier alpha value is -0.290. The number of halogens is 3. The molecule has 0 heterocycles. The molecule has 1 N–H and O–H groups in total. The van der Waals surface area contributed by atoms with Gasteiger partial charge >= 0.3 is 6.18 Å². The summed E-state index contributed by atoms with van der Waals surface area (Å²) >= 11 is 0. The van der Waals surface area contributed by atoms with Crippen LogP contribution in [0.4, 0.5) is 13.2 Å². The summed E-state index contributed by atoms with van der Waals surface area (Å²) in [6.45, 7) is 6.07. The van der Waals surface area contributed by atoms with Crippen LogP contribution in [0.2, 0.25) is 0 Å². The SMILES string of the molecule is CCNC(CCOCC(F)(F)F)C(CC)CC. The molecular formula is C12H24F3NO. The maximum absolute atomic E-state index is 11.9. The van der Waals surface area contributed by atoms with Crippen LogP contribution in [0.5, 0.6) is 0 Å². The van der Waals surface area contributed by atoms with E-state index < -0.39 is 12.8 Å². The zero-order valence-electron chi connectivity index (χ0n) is 10.9. The molecule has 0 aromatic carbocycles. The van der Waals surface area contributed by atoms with E-state index >= 15 is 0 Å². The van der Waals surface area contributed by atoms with Gasteiger partial charge < -0.3 is 10.1 Å². The highest BCUT2D eigenvalue weighted by atomic mass is 19.4. The van der Waals surface area contributed by atoms with Crippen molar-refractivity contribution in [2.75, 3.05) is 19.8 Å². The van der Waals surface area contributed by atoms with Crippen LogP contribution in [0.1, 0.15) is 40.0 Å². The van der Waals surface area contributed by atoms with E-state index in [9.17, 15) is 13.2 Å². The molecule has 0 aromatic heterocycles. The van der Waals surface area contributed by atoms with Crippen LogP contribution in [0.25, 0.3) is 0 Å². The Balaban J connectivity index is 3.92. The maximum Gasteiger partial charge on any atom is 0.411 e. The summed E-state index contributed by atoms with van der Waals surface area (Å²) in [6, 6.07) is 0.253. The third-order valence-corrected chi connectivity index (χ3v) is 2.92. The average Bonchev–Trinajstić information content (AvgIpc) is 2.24. The topological polar surface area (TPSA) is 21.3 Å². The zero-order chi connectivity index (χ0) is 13.3. The van der Waals surface area contributed by atoms with E-state index in [0.29, 0.717) is 12.3 Å². The molecule has 2 nitrogen and oxygen atoms in total. The lowest BCUT2D eigenvalue weighted by molar-refractivity contribution is -0.174. The van der Waals surface area contributed by atoms with Gasteiger partial charge in [-0.05, 0) is 18.9 Å². The van der Waals surface area contributed by atoms with Crippen molar-refractivity contribution in [3.05, 3.63) is 0 Å². The van der Waals surface area contributed by atoms with Gasteiger partial charge in [0.05, 0.1) is 0 Å². The number of alkyl halides is 3. The molecule has 0 aromatic rings. The minimum absolute atomic E-state index is 0.160. The second kappa shape index (κ2) is 8.75. The van der Waals surface area contributed by atoms with Crippen molar-refractivity contribution in [3.63, 3.8) is 0 Å². The number of hydrogen-bond donors (Lipinski definition) is 1. The van der Waals surface area contributed by atoms with E-state index in [1.54, 1.807) is 0 Å². The third-order valence-electron chi connectivity index (χ3n) is 2.92. The molecule has 0 bridgehead atoms. The molecule has 1 atom stereocenters. The van der Waals surface area contributed by atoms with Crippen molar-refractivity contribution in [1.29, 1.82) is 0 Å². The van der Waals surface area contributed by atoms with Gasteiger partial charge in [0.1, 0.15) is 6.61 Å². The summed E-state index contributed by atoms with van der Waals surface area (Å²) in [6.07, 6.45) is -1.51. The first-order valence-corrected chi connectivity index (χ1v) is 6.32. The molecule has 0 spiro atoms. The molecule has 5 heteroatoms. The summed E-state index contributed by atoms with van der Waals surface area (Å²) in [5, 5.41) is 3.32. The zero-order valence-corrected chi connectivity index (χ0v) is 10.9. The van der Waals surface area contributed by atoms with Crippen molar-refractivity contribution in [2.45, 2.75) is 52.3 Å². The van der Waals surface area contributed by atoms with Gasteiger partial charge in [0.2, 0.25) is 0 Å². The van der Waals surface area contributed by atoms with Crippen molar-refractivity contribution < 1.29 is 17.9 Å². The van der Waals surface area contributed by atoms with Crippen LogP contribution >= 0.6 is 0 Å². The Kier molecular flexibility index (Phi) is 8.60. The number of ether oxygens (including phenoxy) is 1. The Morgan fingerprint density at radius 1 is 1.12 bits per heavy atom. The lowest BCUT2D eigenvalue weighted by Crippen LogP contribution is -2.37. The van der Waals surface area contributed by atoms with Gasteiger partial charge in [-0.3, -0.25) is 0 Å². The van der Waals surface area contributed by atoms with Gasteiger partial charge in [-0.2, -0.15) is 13.2 Å². The summed E-state index contributed by atoms with van der Waals surface area (Å²) in [4.78, 5) is 0. The van der Waals surface area contributed by atoms with E-state index in [4.69, 9.17) is 0 Å². The lowest BCUT2D eigenvalue weighted by atomic mass is 9.92. The quantitative estimate of drug-likeness (QED) is 0.638. The largest absolute Gasteiger partial charge is 0.411 e. The highest BCUT2D eigenvalue weighted by Crippen LogP contribution is 2.18. The predicted molar refractivity (Wildman–Crippen MR) is 63.0 cm³/mol. The summed E-state index contributed by atoms with van der Waals surface area (Å²) in [7, 11) is 0. The van der Waals surface area contributed by atoms with Crippen LogP contribution in [-0.4, -0.2) is 32.0 Å². The molecule has 0 fully saturated rings. The number of nitrogens with one attached hydrogen (secondary N) is 1. The molecule has 0 radical (unpaired) electrons. The number of hydrogen-bond acceptors (Lipinski definition) is 2. The van der Waals surface area contributed by atoms with E-state index in [1.807, 2.05) is 6.92 Å². The summed E-state index contributed by atoms with van der Waals surface area (Å²) < 4.78 is 40.3. The minimum Gasteiger partial charge on any atom is -0.372 e. The summed E-state index contributed by atoms with van der Waals surface area (Å²) in [5.74, 6) is 0.504. The highest BCUT2D eigenvalue weighted by Gasteiger charge is 2.27. The molecule has 0 aliphatic rings. The van der Waals surface area contributed by atoms with Crippen molar-refractivity contribution in [1.82, 2.24) is 5.32 Å². The first-order valence-electron chi connectivity index (χ1n) is 6.32. The average molecular weight is 255 g/mol. The normalized spacial score (nSPS) is 14.3. The molecule has 0 amide bonds. The smallest absolute Gasteiger partial charge is 0.372 e. The number of rotatable bonds is 9. The Morgan fingerprint density at radius 2 is 1.71 bits per heavy atom. The maximum atomic E-state index is 11.9. The Bertz CT molecular complexity index is 181. The highest BCUT2D eigenvalue weighted by molar-refractivity contribution is 4.74. The van der Waals surface area contributed by atoms with Gasteiger partial charge in [-0.15, -0.1) is 0 Å². The molecule has 0 saturated heterocycles. The van der Waals surface area contributed by atoms with Gasteiger partial charge in [-0.25, -0.2) is 0 Å².